The quantitative estimate of drug-likeness (QED) is 0.670. The molecule has 0 bridgehead atoms. The molecular weight excluding hydrogens is 309 g/mol. The number of allylic oxidation sites excluding steroid dienone is 1. The smallest absolute Gasteiger partial charge is 0.527 e. The van der Waals surface area contributed by atoms with E-state index in [2.05, 4.69) is 12.1 Å². The van der Waals surface area contributed by atoms with E-state index in [1.807, 2.05) is 37.4 Å². The van der Waals surface area contributed by atoms with Gasteiger partial charge in [-0.05, 0) is 37.4 Å². The standard InChI is InChI=1S/C17H18BNO3S/c1-3-21-16-9-12(7-8-17(16)23-2)14-5-4-6-15(19-14)13-10-18(20)22-11-13/h4-9,11,20H,3,10H2,1-2H3. The number of hydrogen-bond donors (Lipinski definition) is 1. The van der Waals surface area contributed by atoms with Crippen molar-refractivity contribution in [3.63, 3.8) is 0 Å². The zero-order valence-corrected chi connectivity index (χ0v) is 14.0. The predicted molar refractivity (Wildman–Crippen MR) is 94.5 cm³/mol. The lowest BCUT2D eigenvalue weighted by molar-refractivity contribution is 0.332. The lowest BCUT2D eigenvalue weighted by Gasteiger charge is -2.11. The number of rotatable bonds is 5. The van der Waals surface area contributed by atoms with Gasteiger partial charge in [0.1, 0.15) is 5.75 Å². The number of pyridine rings is 1. The Morgan fingerprint density at radius 2 is 2.13 bits per heavy atom. The average molecular weight is 327 g/mol. The van der Waals surface area contributed by atoms with Gasteiger partial charge in [0.05, 0.1) is 24.3 Å². The molecule has 1 aromatic carbocycles. The summed E-state index contributed by atoms with van der Waals surface area (Å²) in [4.78, 5) is 5.81. The van der Waals surface area contributed by atoms with Crippen molar-refractivity contribution in [3.05, 3.63) is 48.4 Å². The first kappa shape index (κ1) is 16.0. The molecule has 0 aliphatic carbocycles. The summed E-state index contributed by atoms with van der Waals surface area (Å²) in [5.74, 6) is 0.878. The third-order valence-corrected chi connectivity index (χ3v) is 4.38. The Balaban J connectivity index is 1.94. The third kappa shape index (κ3) is 3.54. The minimum Gasteiger partial charge on any atom is -0.541 e. The number of ether oxygens (including phenoxy) is 1. The van der Waals surface area contributed by atoms with Crippen LogP contribution in [0, 0.1) is 0 Å². The van der Waals surface area contributed by atoms with E-state index in [9.17, 15) is 5.02 Å². The van der Waals surface area contributed by atoms with E-state index in [0.29, 0.717) is 12.9 Å². The van der Waals surface area contributed by atoms with Gasteiger partial charge in [0.15, 0.2) is 0 Å². The van der Waals surface area contributed by atoms with E-state index >= 15 is 0 Å². The van der Waals surface area contributed by atoms with Crippen LogP contribution in [0.5, 0.6) is 5.75 Å². The Morgan fingerprint density at radius 3 is 2.83 bits per heavy atom. The van der Waals surface area contributed by atoms with Gasteiger partial charge in [0.2, 0.25) is 0 Å². The maximum atomic E-state index is 9.48. The summed E-state index contributed by atoms with van der Waals surface area (Å²) in [5.41, 5.74) is 3.61. The topological polar surface area (TPSA) is 51.6 Å². The maximum absolute atomic E-state index is 9.48. The van der Waals surface area contributed by atoms with Crippen molar-refractivity contribution in [2.75, 3.05) is 12.9 Å². The van der Waals surface area contributed by atoms with Gasteiger partial charge in [-0.25, -0.2) is 4.98 Å². The summed E-state index contributed by atoms with van der Waals surface area (Å²) in [6, 6.07) is 12.0. The van der Waals surface area contributed by atoms with Crippen molar-refractivity contribution in [1.82, 2.24) is 4.98 Å². The van der Waals surface area contributed by atoms with Gasteiger partial charge in [-0.3, -0.25) is 0 Å². The molecule has 3 rings (SSSR count). The van der Waals surface area contributed by atoms with Gasteiger partial charge in [0, 0.05) is 22.4 Å². The zero-order valence-electron chi connectivity index (χ0n) is 13.2. The highest BCUT2D eigenvalue weighted by Gasteiger charge is 2.24. The molecule has 4 nitrogen and oxygen atoms in total. The van der Waals surface area contributed by atoms with Crippen LogP contribution in [0.15, 0.2) is 47.6 Å². The molecule has 0 fully saturated rings. The fourth-order valence-corrected chi connectivity index (χ4v) is 3.01. The molecule has 1 aliphatic rings. The van der Waals surface area contributed by atoms with Gasteiger partial charge >= 0.3 is 7.12 Å². The molecule has 0 saturated heterocycles. The van der Waals surface area contributed by atoms with Crippen molar-refractivity contribution >= 4 is 24.5 Å². The largest absolute Gasteiger partial charge is 0.541 e. The van der Waals surface area contributed by atoms with Crippen LogP contribution in [-0.4, -0.2) is 30.0 Å². The molecule has 0 unspecified atom stereocenters. The Morgan fingerprint density at radius 1 is 1.30 bits per heavy atom. The van der Waals surface area contributed by atoms with E-state index in [-0.39, 0.29) is 0 Å². The van der Waals surface area contributed by atoms with E-state index < -0.39 is 7.12 Å². The Kier molecular flexibility index (Phi) is 4.93. The van der Waals surface area contributed by atoms with E-state index in [1.165, 1.54) is 0 Å². The summed E-state index contributed by atoms with van der Waals surface area (Å²) in [6.07, 6.45) is 4.08. The van der Waals surface area contributed by atoms with Crippen LogP contribution < -0.4 is 4.74 Å². The normalized spacial score (nSPS) is 13.7. The first-order chi connectivity index (χ1) is 11.2. The van der Waals surface area contributed by atoms with Gasteiger partial charge < -0.3 is 14.4 Å². The average Bonchev–Trinajstić information content (AvgIpc) is 3.02. The number of thioether (sulfide) groups is 1. The number of benzene rings is 1. The van der Waals surface area contributed by atoms with Crippen molar-refractivity contribution in [1.29, 1.82) is 0 Å². The molecule has 0 saturated carbocycles. The lowest BCUT2D eigenvalue weighted by atomic mass is 9.83. The van der Waals surface area contributed by atoms with E-state index in [1.54, 1.807) is 18.0 Å². The molecule has 1 aliphatic heterocycles. The summed E-state index contributed by atoms with van der Waals surface area (Å²) < 4.78 is 10.8. The third-order valence-electron chi connectivity index (χ3n) is 3.60. The molecule has 0 atom stereocenters. The SMILES string of the molecule is CCOc1cc(-c2cccc(C3=COB(O)C3)n2)ccc1SC. The Labute approximate surface area is 140 Å². The monoisotopic (exact) mass is 327 g/mol. The van der Waals surface area contributed by atoms with Crippen LogP contribution in [0.3, 0.4) is 0 Å². The zero-order chi connectivity index (χ0) is 16.2. The molecule has 1 N–H and O–H groups in total. The lowest BCUT2D eigenvalue weighted by Crippen LogP contribution is -2.08. The fourth-order valence-electron chi connectivity index (χ4n) is 2.49. The molecule has 6 heteroatoms. The molecule has 118 valence electrons. The second-order valence-electron chi connectivity index (χ2n) is 5.14. The maximum Gasteiger partial charge on any atom is 0.527 e. The highest BCUT2D eigenvalue weighted by atomic mass is 32.2. The van der Waals surface area contributed by atoms with Gasteiger partial charge in [-0.2, -0.15) is 0 Å². The van der Waals surface area contributed by atoms with E-state index in [0.717, 1.165) is 33.2 Å². The van der Waals surface area contributed by atoms with Crippen LogP contribution in [-0.2, 0) is 4.65 Å². The highest BCUT2D eigenvalue weighted by Crippen LogP contribution is 2.33. The summed E-state index contributed by atoms with van der Waals surface area (Å²) >= 11 is 1.66. The highest BCUT2D eigenvalue weighted by molar-refractivity contribution is 7.98. The molecular formula is C17H18BNO3S. The number of hydrogen-bond acceptors (Lipinski definition) is 5. The fraction of sp³-hybridized carbons (Fsp3) is 0.235. The van der Waals surface area contributed by atoms with Crippen molar-refractivity contribution in [3.8, 4) is 17.0 Å². The first-order valence-electron chi connectivity index (χ1n) is 7.52. The molecule has 0 amide bonds. The number of aromatic nitrogens is 1. The van der Waals surface area contributed by atoms with Crippen molar-refractivity contribution < 1.29 is 14.4 Å². The summed E-state index contributed by atoms with van der Waals surface area (Å²) in [7, 11) is -0.763. The summed E-state index contributed by atoms with van der Waals surface area (Å²) in [5, 5.41) is 9.48. The molecule has 0 spiro atoms. The minimum atomic E-state index is -0.763. The number of nitrogens with zero attached hydrogens (tertiary/aromatic N) is 1. The minimum absolute atomic E-state index is 0.464. The summed E-state index contributed by atoms with van der Waals surface area (Å²) in [6.45, 7) is 2.61. The first-order valence-corrected chi connectivity index (χ1v) is 8.75. The van der Waals surface area contributed by atoms with Crippen LogP contribution >= 0.6 is 11.8 Å². The van der Waals surface area contributed by atoms with Crippen molar-refractivity contribution in [2.24, 2.45) is 0 Å². The van der Waals surface area contributed by atoms with Gasteiger partial charge in [0.25, 0.3) is 0 Å². The van der Waals surface area contributed by atoms with Gasteiger partial charge in [-0.1, -0.05) is 12.1 Å². The second kappa shape index (κ2) is 7.11. The van der Waals surface area contributed by atoms with Crippen LogP contribution in [0.4, 0.5) is 0 Å². The molecule has 1 aromatic heterocycles. The molecule has 0 radical (unpaired) electrons. The van der Waals surface area contributed by atoms with Crippen LogP contribution in [0.2, 0.25) is 6.32 Å². The molecule has 2 aromatic rings. The van der Waals surface area contributed by atoms with Crippen LogP contribution in [0.25, 0.3) is 16.8 Å². The van der Waals surface area contributed by atoms with E-state index in [4.69, 9.17) is 14.4 Å². The Bertz CT molecular complexity index is 736. The van der Waals surface area contributed by atoms with Gasteiger partial charge in [-0.15, -0.1) is 11.8 Å². The van der Waals surface area contributed by atoms with Crippen molar-refractivity contribution in [2.45, 2.75) is 18.1 Å². The molecule has 2 heterocycles. The predicted octanol–water partition coefficient (Wildman–Crippen LogP) is 3.72. The molecule has 23 heavy (non-hydrogen) atoms. The Hall–Kier alpha value is -1.92. The van der Waals surface area contributed by atoms with Crippen LogP contribution in [0.1, 0.15) is 12.6 Å². The second-order valence-corrected chi connectivity index (χ2v) is 5.99.